The van der Waals surface area contributed by atoms with Crippen molar-refractivity contribution in [2.45, 2.75) is 45.6 Å². The molecule has 1 aliphatic rings. The summed E-state index contributed by atoms with van der Waals surface area (Å²) in [7, 11) is 3.16. The molecule has 134 valence electrons. The van der Waals surface area contributed by atoms with Crippen molar-refractivity contribution >= 4 is 49.5 Å². The fraction of sp³-hybridized carbons (Fsp3) is 0.800. The molecule has 0 N–H and O–H groups in total. The standard InChI is InChI=1S/C15H31B3N2O3S/c1-14(2)15(3,4)23-18(22-14)11-12(16)19-20(13(11)17)10-21-8-9-24(5,6)7/h8-10,16-17H2,1-7H3. The first-order valence-corrected chi connectivity index (χ1v) is 11.5. The first kappa shape index (κ1) is 20.0. The Kier molecular flexibility index (Phi) is 5.61. The van der Waals surface area contributed by atoms with Gasteiger partial charge in [-0.2, -0.15) is 5.10 Å². The minimum Gasteiger partial charge on any atom is -0.399 e. The Morgan fingerprint density at radius 3 is 2.17 bits per heavy atom. The Labute approximate surface area is 150 Å². The van der Waals surface area contributed by atoms with Crippen molar-refractivity contribution in [1.82, 2.24) is 9.78 Å². The first-order chi connectivity index (χ1) is 10.8. The SMILES string of the molecule is Bc1nn(COCCS(C)(C)C)c(B)c1B1OC(C)(C)C(C)(C)O1. The maximum atomic E-state index is 6.18. The maximum Gasteiger partial charge on any atom is 0.496 e. The zero-order valence-electron chi connectivity index (χ0n) is 16.7. The van der Waals surface area contributed by atoms with Gasteiger partial charge in [-0.1, -0.05) is 0 Å². The molecule has 2 heterocycles. The lowest BCUT2D eigenvalue weighted by Gasteiger charge is -2.32. The van der Waals surface area contributed by atoms with Gasteiger partial charge >= 0.3 is 7.12 Å². The molecule has 2 rings (SSSR count). The molecule has 0 spiro atoms. The van der Waals surface area contributed by atoms with Crippen LogP contribution in [0.4, 0.5) is 0 Å². The Bertz CT molecular complexity index is 584. The number of rotatable bonds is 6. The van der Waals surface area contributed by atoms with Crippen LogP contribution in [-0.2, 0) is 20.8 Å². The monoisotopic (exact) mass is 352 g/mol. The van der Waals surface area contributed by atoms with Gasteiger partial charge in [0.1, 0.15) is 6.73 Å². The van der Waals surface area contributed by atoms with Crippen LogP contribution in [0.1, 0.15) is 27.7 Å². The van der Waals surface area contributed by atoms with E-state index in [-0.39, 0.29) is 18.3 Å². The van der Waals surface area contributed by atoms with Crippen LogP contribution >= 0.6 is 10.0 Å². The lowest BCUT2D eigenvalue weighted by molar-refractivity contribution is 0.00578. The van der Waals surface area contributed by atoms with Crippen molar-refractivity contribution in [3.8, 4) is 0 Å². The first-order valence-electron chi connectivity index (χ1n) is 8.47. The quantitative estimate of drug-likeness (QED) is 0.456. The van der Waals surface area contributed by atoms with Gasteiger partial charge in [-0.3, -0.25) is 4.68 Å². The van der Waals surface area contributed by atoms with Gasteiger partial charge in [0.2, 0.25) is 0 Å². The van der Waals surface area contributed by atoms with E-state index in [0.717, 1.165) is 29.0 Å². The number of nitrogens with zero attached hydrogens (tertiary/aromatic N) is 2. The summed E-state index contributed by atoms with van der Waals surface area (Å²) < 4.78 is 20.1. The molecule has 0 atom stereocenters. The van der Waals surface area contributed by atoms with Crippen LogP contribution < -0.4 is 16.6 Å². The molecule has 0 amide bonds. The molecule has 5 nitrogen and oxygen atoms in total. The highest BCUT2D eigenvalue weighted by atomic mass is 32.3. The van der Waals surface area contributed by atoms with Crippen molar-refractivity contribution in [3.63, 3.8) is 0 Å². The normalized spacial score (nSPS) is 20.5. The molecular weight excluding hydrogens is 321 g/mol. The van der Waals surface area contributed by atoms with E-state index in [1.54, 1.807) is 0 Å². The summed E-state index contributed by atoms with van der Waals surface area (Å²) >= 11 is 0. The molecule has 9 heteroatoms. The van der Waals surface area contributed by atoms with Crippen molar-refractivity contribution < 1.29 is 14.0 Å². The van der Waals surface area contributed by atoms with E-state index in [1.807, 2.05) is 12.5 Å². The molecule has 0 aromatic carbocycles. The minimum atomic E-state index is -0.525. The summed E-state index contributed by atoms with van der Waals surface area (Å²) in [4.78, 5) is 0. The number of hydrogen-bond acceptors (Lipinski definition) is 4. The Balaban J connectivity index is 2.07. The predicted molar refractivity (Wildman–Crippen MR) is 110 cm³/mol. The van der Waals surface area contributed by atoms with Gasteiger partial charge < -0.3 is 14.0 Å². The van der Waals surface area contributed by atoms with Gasteiger partial charge in [-0.15, -0.1) is 0 Å². The summed E-state index contributed by atoms with van der Waals surface area (Å²) in [6.45, 7) is 9.52. The van der Waals surface area contributed by atoms with Crippen molar-refractivity contribution in [1.29, 1.82) is 0 Å². The molecule has 0 saturated carbocycles. The van der Waals surface area contributed by atoms with Crippen LogP contribution in [0, 0.1) is 0 Å². The van der Waals surface area contributed by atoms with E-state index in [9.17, 15) is 0 Å². The predicted octanol–water partition coefficient (Wildman–Crippen LogP) is -1.63. The van der Waals surface area contributed by atoms with E-state index in [1.165, 1.54) is 0 Å². The molecule has 1 saturated heterocycles. The lowest BCUT2D eigenvalue weighted by Crippen LogP contribution is -2.50. The molecule has 1 aliphatic heterocycles. The number of aromatic nitrogens is 2. The summed E-state index contributed by atoms with van der Waals surface area (Å²) in [6, 6.07) is 0. The molecular formula is C15H31B3N2O3S. The molecule has 0 radical (unpaired) electrons. The fourth-order valence-electron chi connectivity index (χ4n) is 2.60. The molecule has 24 heavy (non-hydrogen) atoms. The van der Waals surface area contributed by atoms with Crippen LogP contribution in [0.2, 0.25) is 0 Å². The second kappa shape index (κ2) is 6.74. The van der Waals surface area contributed by atoms with Crippen LogP contribution in [-0.4, -0.2) is 74.9 Å². The van der Waals surface area contributed by atoms with Crippen LogP contribution in [0.3, 0.4) is 0 Å². The second-order valence-electron chi connectivity index (χ2n) is 8.50. The van der Waals surface area contributed by atoms with E-state index >= 15 is 0 Å². The summed E-state index contributed by atoms with van der Waals surface area (Å²) in [5, 5.41) is 4.62. The van der Waals surface area contributed by atoms with E-state index in [0.29, 0.717) is 6.73 Å². The Morgan fingerprint density at radius 1 is 1.12 bits per heavy atom. The highest BCUT2D eigenvalue weighted by molar-refractivity contribution is 8.32. The second-order valence-corrected chi connectivity index (χ2v) is 13.1. The smallest absolute Gasteiger partial charge is 0.399 e. The molecule has 0 unspecified atom stereocenters. The molecule has 0 bridgehead atoms. The maximum absolute atomic E-state index is 6.18. The van der Waals surface area contributed by atoms with Gasteiger partial charge in [0.25, 0.3) is 0 Å². The Hall–Kier alpha value is -0.365. The third-order valence-electron chi connectivity index (χ3n) is 4.98. The molecule has 0 aliphatic carbocycles. The van der Waals surface area contributed by atoms with E-state index < -0.39 is 10.0 Å². The lowest BCUT2D eigenvalue weighted by atomic mass is 9.69. The third-order valence-corrected chi connectivity index (χ3v) is 6.37. The van der Waals surface area contributed by atoms with Gasteiger partial charge in [0, 0.05) is 16.8 Å². The summed E-state index contributed by atoms with van der Waals surface area (Å²) in [5.41, 5.74) is 2.33. The molecule has 1 aromatic rings. The van der Waals surface area contributed by atoms with Gasteiger partial charge in [-0.05, 0) is 52.1 Å². The topological polar surface area (TPSA) is 45.5 Å². The van der Waals surface area contributed by atoms with Gasteiger partial charge in [0.05, 0.1) is 17.8 Å². The highest BCUT2D eigenvalue weighted by Crippen LogP contribution is 2.36. The van der Waals surface area contributed by atoms with Crippen molar-refractivity contribution in [2.24, 2.45) is 0 Å². The zero-order valence-corrected chi connectivity index (χ0v) is 17.5. The number of ether oxygens (including phenoxy) is 1. The number of hydrogen-bond donors (Lipinski definition) is 0. The van der Waals surface area contributed by atoms with Crippen molar-refractivity contribution in [3.05, 3.63) is 0 Å². The third kappa shape index (κ3) is 4.24. The van der Waals surface area contributed by atoms with Crippen LogP contribution in [0.5, 0.6) is 0 Å². The Morgan fingerprint density at radius 2 is 1.67 bits per heavy atom. The van der Waals surface area contributed by atoms with E-state index in [4.69, 9.17) is 14.0 Å². The van der Waals surface area contributed by atoms with Crippen LogP contribution in [0.15, 0.2) is 0 Å². The summed E-state index contributed by atoms with van der Waals surface area (Å²) in [5.74, 6) is 1.11. The van der Waals surface area contributed by atoms with Crippen molar-refractivity contribution in [2.75, 3.05) is 31.1 Å². The van der Waals surface area contributed by atoms with E-state index in [2.05, 4.69) is 59.4 Å². The van der Waals surface area contributed by atoms with Crippen LogP contribution in [0.25, 0.3) is 0 Å². The van der Waals surface area contributed by atoms with Gasteiger partial charge in [-0.25, -0.2) is 10.0 Å². The zero-order chi connectivity index (χ0) is 18.3. The molecule has 1 aromatic heterocycles. The summed E-state index contributed by atoms with van der Waals surface area (Å²) in [6.07, 6.45) is 6.90. The average molecular weight is 352 g/mol. The average Bonchev–Trinajstić information content (AvgIpc) is 2.77. The van der Waals surface area contributed by atoms with Gasteiger partial charge in [0.15, 0.2) is 15.7 Å². The fourth-order valence-corrected chi connectivity index (χ4v) is 3.22. The molecule has 1 fully saturated rings. The highest BCUT2D eigenvalue weighted by Gasteiger charge is 2.52. The minimum absolute atomic E-state index is 0.343. The largest absolute Gasteiger partial charge is 0.496 e.